The van der Waals surface area contributed by atoms with Crippen LogP contribution in [0.25, 0.3) is 0 Å². The van der Waals surface area contributed by atoms with E-state index in [-0.39, 0.29) is 6.03 Å². The van der Waals surface area contributed by atoms with Gasteiger partial charge in [-0.2, -0.15) is 0 Å². The minimum Gasteiger partial charge on any atom is -0.273 e. The van der Waals surface area contributed by atoms with E-state index >= 15 is 0 Å². The van der Waals surface area contributed by atoms with E-state index in [1.807, 2.05) is 36.4 Å². The van der Waals surface area contributed by atoms with Crippen molar-refractivity contribution in [3.8, 4) is 0 Å². The first-order chi connectivity index (χ1) is 8.83. The lowest BCUT2D eigenvalue weighted by atomic mass is 10.2. The van der Waals surface area contributed by atoms with Gasteiger partial charge < -0.3 is 0 Å². The molecule has 0 saturated heterocycles. The molecule has 5 heteroatoms. The van der Waals surface area contributed by atoms with Gasteiger partial charge in [0.15, 0.2) is 0 Å². The first-order valence-corrected chi connectivity index (χ1v) is 5.55. The summed E-state index contributed by atoms with van der Waals surface area (Å²) >= 11 is 0. The Morgan fingerprint density at radius 2 is 1.83 bits per heavy atom. The fourth-order valence-electron chi connectivity index (χ4n) is 1.61. The van der Waals surface area contributed by atoms with Gasteiger partial charge in [0.1, 0.15) is 0 Å². The molecule has 0 bridgehead atoms. The fraction of sp³-hybridized carbons (Fsp3) is 0.0769. The number of hydrazine groups is 1. The monoisotopic (exact) mass is 242 g/mol. The number of hydrogen-bond donors (Lipinski definition) is 2. The van der Waals surface area contributed by atoms with Crippen LogP contribution in [0.1, 0.15) is 0 Å². The molecule has 2 amide bonds. The lowest BCUT2D eigenvalue weighted by Gasteiger charge is -2.22. The van der Waals surface area contributed by atoms with Gasteiger partial charge in [0.25, 0.3) is 0 Å². The van der Waals surface area contributed by atoms with Crippen LogP contribution < -0.4 is 15.8 Å². The molecular formula is C13H14N4O. The van der Waals surface area contributed by atoms with E-state index in [9.17, 15) is 4.79 Å². The summed E-state index contributed by atoms with van der Waals surface area (Å²) in [6, 6.07) is 12.7. The maximum absolute atomic E-state index is 12.1. The van der Waals surface area contributed by atoms with Gasteiger partial charge in [-0.1, -0.05) is 18.2 Å². The number of carbonyl (C=O) groups is 1. The van der Waals surface area contributed by atoms with E-state index in [4.69, 9.17) is 0 Å². The fourth-order valence-corrected chi connectivity index (χ4v) is 1.61. The average Bonchev–Trinajstić information content (AvgIpc) is 2.42. The lowest BCUT2D eigenvalue weighted by molar-refractivity contribution is 0.245. The van der Waals surface area contributed by atoms with Crippen molar-refractivity contribution in [3.63, 3.8) is 0 Å². The Kier molecular flexibility index (Phi) is 3.88. The highest BCUT2D eigenvalue weighted by Gasteiger charge is 2.16. The molecule has 0 saturated carbocycles. The van der Waals surface area contributed by atoms with E-state index in [1.165, 1.54) is 0 Å². The third-order valence-electron chi connectivity index (χ3n) is 2.35. The van der Waals surface area contributed by atoms with Crippen molar-refractivity contribution in [2.75, 3.05) is 11.9 Å². The van der Waals surface area contributed by atoms with Gasteiger partial charge in [0, 0.05) is 13.2 Å². The van der Waals surface area contributed by atoms with E-state index in [1.54, 1.807) is 30.4 Å². The van der Waals surface area contributed by atoms with Crippen molar-refractivity contribution in [1.29, 1.82) is 0 Å². The van der Waals surface area contributed by atoms with Crippen LogP contribution in [0.3, 0.4) is 0 Å². The summed E-state index contributed by atoms with van der Waals surface area (Å²) in [6.07, 6.45) is 3.31. The van der Waals surface area contributed by atoms with Crippen molar-refractivity contribution < 1.29 is 4.79 Å². The SMILES string of the molecule is CNNC(=O)N(c1ccccc1)c1cccnc1. The molecule has 2 aromatic rings. The quantitative estimate of drug-likeness (QED) is 0.810. The van der Waals surface area contributed by atoms with Crippen LogP contribution in [-0.4, -0.2) is 18.1 Å². The van der Waals surface area contributed by atoms with Crippen LogP contribution >= 0.6 is 0 Å². The highest BCUT2D eigenvalue weighted by molar-refractivity contribution is 5.98. The van der Waals surface area contributed by atoms with Gasteiger partial charge in [0.2, 0.25) is 0 Å². The molecule has 0 atom stereocenters. The third kappa shape index (κ3) is 2.64. The van der Waals surface area contributed by atoms with Crippen molar-refractivity contribution in [2.45, 2.75) is 0 Å². The first-order valence-electron chi connectivity index (χ1n) is 5.55. The van der Waals surface area contributed by atoms with Crippen LogP contribution in [0.15, 0.2) is 54.9 Å². The minimum atomic E-state index is -0.267. The predicted molar refractivity (Wildman–Crippen MR) is 70.4 cm³/mol. The van der Waals surface area contributed by atoms with Gasteiger partial charge >= 0.3 is 6.03 Å². The van der Waals surface area contributed by atoms with Crippen LogP contribution in [0.2, 0.25) is 0 Å². The second kappa shape index (κ2) is 5.79. The molecule has 0 unspecified atom stereocenters. The van der Waals surface area contributed by atoms with Crippen LogP contribution in [0, 0.1) is 0 Å². The Bertz CT molecular complexity index is 461. The second-order valence-electron chi connectivity index (χ2n) is 3.56. The van der Waals surface area contributed by atoms with Gasteiger partial charge in [-0.25, -0.2) is 10.2 Å². The third-order valence-corrected chi connectivity index (χ3v) is 2.35. The van der Waals surface area contributed by atoms with Gasteiger partial charge in [-0.3, -0.25) is 15.3 Å². The van der Waals surface area contributed by atoms with Crippen LogP contribution in [0.4, 0.5) is 16.2 Å². The molecule has 2 N–H and O–H groups in total. The number of carbonyl (C=O) groups excluding carboxylic acids is 1. The highest BCUT2D eigenvalue weighted by atomic mass is 16.2. The number of aromatic nitrogens is 1. The number of para-hydroxylation sites is 1. The predicted octanol–water partition coefficient (Wildman–Crippen LogP) is 2.06. The number of urea groups is 1. The summed E-state index contributed by atoms with van der Waals surface area (Å²) < 4.78 is 0. The second-order valence-corrected chi connectivity index (χ2v) is 3.56. The zero-order valence-corrected chi connectivity index (χ0v) is 10.00. The van der Waals surface area contributed by atoms with Gasteiger partial charge in [-0.05, 0) is 24.3 Å². The molecule has 0 aliphatic carbocycles. The maximum atomic E-state index is 12.1. The molecule has 0 radical (unpaired) electrons. The first kappa shape index (κ1) is 12.1. The number of pyridine rings is 1. The summed E-state index contributed by atoms with van der Waals surface area (Å²) in [6.45, 7) is 0. The van der Waals surface area contributed by atoms with E-state index in [0.717, 1.165) is 5.69 Å². The van der Waals surface area contributed by atoms with Crippen molar-refractivity contribution in [3.05, 3.63) is 54.9 Å². The van der Waals surface area contributed by atoms with Crippen molar-refractivity contribution in [1.82, 2.24) is 15.8 Å². The minimum absolute atomic E-state index is 0.267. The Labute approximate surface area is 105 Å². The maximum Gasteiger partial charge on any atom is 0.340 e. The number of hydrogen-bond acceptors (Lipinski definition) is 3. The Morgan fingerprint density at radius 3 is 2.44 bits per heavy atom. The van der Waals surface area contributed by atoms with E-state index < -0.39 is 0 Å². The smallest absolute Gasteiger partial charge is 0.273 e. The van der Waals surface area contributed by atoms with Gasteiger partial charge in [0.05, 0.1) is 17.6 Å². The van der Waals surface area contributed by atoms with E-state index in [0.29, 0.717) is 5.69 Å². The molecule has 1 aromatic carbocycles. The average molecular weight is 242 g/mol. The van der Waals surface area contributed by atoms with Crippen molar-refractivity contribution in [2.24, 2.45) is 0 Å². The highest BCUT2D eigenvalue weighted by Crippen LogP contribution is 2.23. The summed E-state index contributed by atoms with van der Waals surface area (Å²) in [4.78, 5) is 17.6. The summed E-state index contributed by atoms with van der Waals surface area (Å²) in [5.41, 5.74) is 6.66. The number of amides is 2. The molecule has 1 aromatic heterocycles. The normalized spacial score (nSPS) is 9.83. The van der Waals surface area contributed by atoms with Crippen LogP contribution in [0.5, 0.6) is 0 Å². The molecule has 5 nitrogen and oxygen atoms in total. The summed E-state index contributed by atoms with van der Waals surface area (Å²) in [7, 11) is 1.64. The van der Waals surface area contributed by atoms with E-state index in [2.05, 4.69) is 15.8 Å². The molecule has 1 heterocycles. The molecule has 0 fully saturated rings. The molecular weight excluding hydrogens is 228 g/mol. The summed E-state index contributed by atoms with van der Waals surface area (Å²) in [5, 5.41) is 0. The topological polar surface area (TPSA) is 57.3 Å². The zero-order valence-electron chi connectivity index (χ0n) is 10.00. The molecule has 92 valence electrons. The standard InChI is InChI=1S/C13H14N4O/c1-14-16-13(18)17(11-6-3-2-4-7-11)12-8-5-9-15-10-12/h2-10,14H,1H3,(H,16,18). The Hall–Kier alpha value is -2.40. The number of anilines is 2. The largest absolute Gasteiger partial charge is 0.340 e. The van der Waals surface area contributed by atoms with Crippen LogP contribution in [-0.2, 0) is 0 Å². The molecule has 18 heavy (non-hydrogen) atoms. The number of rotatable bonds is 3. The molecule has 0 aliphatic rings. The number of nitrogens with zero attached hydrogens (tertiary/aromatic N) is 2. The lowest BCUT2D eigenvalue weighted by Crippen LogP contribution is -2.43. The molecule has 2 rings (SSSR count). The number of benzene rings is 1. The molecule has 0 aliphatic heterocycles. The Balaban J connectivity index is 2.38. The summed E-state index contributed by atoms with van der Waals surface area (Å²) in [5.74, 6) is 0. The Morgan fingerprint density at radius 1 is 1.11 bits per heavy atom. The zero-order chi connectivity index (χ0) is 12.8. The number of nitrogens with one attached hydrogen (secondary N) is 2. The molecule has 0 spiro atoms. The van der Waals surface area contributed by atoms with Crippen molar-refractivity contribution >= 4 is 17.4 Å². The van der Waals surface area contributed by atoms with Gasteiger partial charge in [-0.15, -0.1) is 0 Å².